The molecule has 3 aromatic rings. The van der Waals surface area contributed by atoms with Gasteiger partial charge in [-0.15, -0.1) is 0 Å². The van der Waals surface area contributed by atoms with Crippen molar-refractivity contribution in [2.24, 2.45) is 0 Å². The molecule has 0 N–H and O–H groups in total. The van der Waals surface area contributed by atoms with E-state index in [9.17, 15) is 0 Å². The second-order valence-electron chi connectivity index (χ2n) is 7.42. The van der Waals surface area contributed by atoms with Gasteiger partial charge in [-0.2, -0.15) is 14.6 Å². The van der Waals surface area contributed by atoms with Crippen LogP contribution in [0.1, 0.15) is 35.4 Å². The number of hydrogen-bond donors (Lipinski definition) is 0. The molecule has 0 atom stereocenters. The normalized spacial score (nSPS) is 17.4. The molecule has 8 heteroatoms. The molecular weight excluding hydrogens is 340 g/mol. The van der Waals surface area contributed by atoms with Gasteiger partial charge in [-0.05, 0) is 39.5 Å². The quantitative estimate of drug-likeness (QED) is 0.685. The molecule has 0 amide bonds. The second-order valence-corrected chi connectivity index (χ2v) is 7.42. The molecule has 0 radical (unpaired) electrons. The van der Waals surface area contributed by atoms with Crippen molar-refractivity contribution in [3.8, 4) is 0 Å². The van der Waals surface area contributed by atoms with E-state index in [0.717, 1.165) is 56.4 Å². The third kappa shape index (κ3) is 2.70. The van der Waals surface area contributed by atoms with Gasteiger partial charge in [0.25, 0.3) is 5.78 Å². The van der Waals surface area contributed by atoms with Gasteiger partial charge in [0, 0.05) is 48.7 Å². The van der Waals surface area contributed by atoms with E-state index in [-0.39, 0.29) is 0 Å². The van der Waals surface area contributed by atoms with Crippen LogP contribution in [0, 0.1) is 13.8 Å². The van der Waals surface area contributed by atoms with Crippen LogP contribution in [0.15, 0.2) is 12.7 Å². The summed E-state index contributed by atoms with van der Waals surface area (Å²) in [5.41, 5.74) is 4.80. The molecule has 3 aromatic heterocycles. The van der Waals surface area contributed by atoms with E-state index >= 15 is 0 Å². The predicted octanol–water partition coefficient (Wildman–Crippen LogP) is 1.74. The zero-order valence-electron chi connectivity index (χ0n) is 15.9. The average Bonchev–Trinajstić information content (AvgIpc) is 3.16. The van der Waals surface area contributed by atoms with Gasteiger partial charge in [0.2, 0.25) is 0 Å². The average molecular weight is 364 g/mol. The molecular formula is C19H24N8. The Labute approximate surface area is 158 Å². The van der Waals surface area contributed by atoms with Gasteiger partial charge in [-0.3, -0.25) is 0 Å². The van der Waals surface area contributed by atoms with Crippen LogP contribution in [-0.2, 0) is 12.8 Å². The van der Waals surface area contributed by atoms with Crippen LogP contribution < -0.4 is 9.80 Å². The SMILES string of the molecule is Cc1nc2ncnn2c(N2CCN(c3ncnc4c3CCCC4)CC2)c1C. The lowest BCUT2D eigenvalue weighted by molar-refractivity contribution is 0.614. The Morgan fingerprint density at radius 3 is 2.48 bits per heavy atom. The summed E-state index contributed by atoms with van der Waals surface area (Å²) in [5.74, 6) is 2.92. The Bertz CT molecular complexity index is 987. The molecule has 0 saturated carbocycles. The fourth-order valence-electron chi connectivity index (χ4n) is 4.29. The Balaban J connectivity index is 1.42. The molecule has 1 aliphatic heterocycles. The third-order valence-corrected chi connectivity index (χ3v) is 5.86. The molecule has 0 aromatic carbocycles. The molecule has 140 valence electrons. The van der Waals surface area contributed by atoms with Crippen LogP contribution in [0.4, 0.5) is 11.6 Å². The van der Waals surface area contributed by atoms with Crippen molar-refractivity contribution in [3.63, 3.8) is 0 Å². The van der Waals surface area contributed by atoms with Crippen molar-refractivity contribution in [2.45, 2.75) is 39.5 Å². The minimum atomic E-state index is 0.667. The van der Waals surface area contributed by atoms with Gasteiger partial charge >= 0.3 is 0 Å². The maximum absolute atomic E-state index is 4.65. The van der Waals surface area contributed by atoms with Gasteiger partial charge in [0.05, 0.1) is 0 Å². The molecule has 8 nitrogen and oxygen atoms in total. The Morgan fingerprint density at radius 1 is 0.852 bits per heavy atom. The summed E-state index contributed by atoms with van der Waals surface area (Å²) in [5, 5.41) is 4.40. The lowest BCUT2D eigenvalue weighted by Crippen LogP contribution is -2.48. The molecule has 27 heavy (non-hydrogen) atoms. The van der Waals surface area contributed by atoms with Crippen LogP contribution in [-0.4, -0.2) is 55.7 Å². The summed E-state index contributed by atoms with van der Waals surface area (Å²) in [6.45, 7) is 7.90. The minimum Gasteiger partial charge on any atom is -0.353 e. The lowest BCUT2D eigenvalue weighted by Gasteiger charge is -2.38. The molecule has 2 aliphatic rings. The van der Waals surface area contributed by atoms with Gasteiger partial charge in [-0.1, -0.05) is 0 Å². The zero-order chi connectivity index (χ0) is 18.4. The summed E-state index contributed by atoms with van der Waals surface area (Å²) >= 11 is 0. The number of piperazine rings is 1. The first-order valence-corrected chi connectivity index (χ1v) is 9.72. The molecule has 1 saturated heterocycles. The van der Waals surface area contributed by atoms with Crippen LogP contribution in [0.3, 0.4) is 0 Å². The molecule has 4 heterocycles. The van der Waals surface area contributed by atoms with Gasteiger partial charge in [0.1, 0.15) is 24.3 Å². The third-order valence-electron chi connectivity index (χ3n) is 5.86. The fourth-order valence-corrected chi connectivity index (χ4v) is 4.29. The van der Waals surface area contributed by atoms with Crippen molar-refractivity contribution < 1.29 is 0 Å². The van der Waals surface area contributed by atoms with Gasteiger partial charge in [-0.25, -0.2) is 15.0 Å². The summed E-state index contributed by atoms with van der Waals surface area (Å²) < 4.78 is 1.87. The smallest absolute Gasteiger partial charge is 0.254 e. The predicted molar refractivity (Wildman–Crippen MR) is 103 cm³/mol. The zero-order valence-corrected chi connectivity index (χ0v) is 15.9. The highest BCUT2D eigenvalue weighted by Gasteiger charge is 2.26. The molecule has 5 rings (SSSR count). The summed E-state index contributed by atoms with van der Waals surface area (Å²) in [6, 6.07) is 0. The molecule has 0 unspecified atom stereocenters. The van der Waals surface area contributed by atoms with Gasteiger partial charge in [0.15, 0.2) is 0 Å². The van der Waals surface area contributed by atoms with E-state index in [1.807, 2.05) is 11.4 Å². The Kier molecular flexibility index (Phi) is 3.91. The highest BCUT2D eigenvalue weighted by molar-refractivity contribution is 5.56. The van der Waals surface area contributed by atoms with Crippen LogP contribution in [0.5, 0.6) is 0 Å². The summed E-state index contributed by atoms with van der Waals surface area (Å²) in [6.07, 6.45) is 7.99. The summed E-state index contributed by atoms with van der Waals surface area (Å²) in [7, 11) is 0. The maximum atomic E-state index is 4.65. The highest BCUT2D eigenvalue weighted by atomic mass is 15.4. The number of aromatic nitrogens is 6. The molecule has 0 spiro atoms. The van der Waals surface area contributed by atoms with E-state index in [0.29, 0.717) is 5.78 Å². The van der Waals surface area contributed by atoms with Crippen molar-refractivity contribution in [3.05, 3.63) is 35.2 Å². The lowest BCUT2D eigenvalue weighted by atomic mass is 9.96. The number of nitrogens with zero attached hydrogens (tertiary/aromatic N) is 8. The Morgan fingerprint density at radius 2 is 1.63 bits per heavy atom. The second kappa shape index (κ2) is 6.44. The van der Waals surface area contributed by atoms with Crippen molar-refractivity contribution >= 4 is 17.4 Å². The monoisotopic (exact) mass is 364 g/mol. The van der Waals surface area contributed by atoms with E-state index in [1.54, 1.807) is 12.7 Å². The van der Waals surface area contributed by atoms with Crippen LogP contribution in [0.2, 0.25) is 0 Å². The van der Waals surface area contributed by atoms with E-state index in [2.05, 4.69) is 41.8 Å². The maximum Gasteiger partial charge on any atom is 0.254 e. The standard InChI is InChI=1S/C19H24N8/c1-13-14(2)24-19-22-12-23-27(19)18(13)26-9-7-25(8-10-26)17-15-5-3-4-6-16(15)20-11-21-17/h11-12H,3-10H2,1-2H3. The van der Waals surface area contributed by atoms with E-state index < -0.39 is 0 Å². The van der Waals surface area contributed by atoms with Crippen molar-refractivity contribution in [2.75, 3.05) is 36.0 Å². The number of aryl methyl sites for hydroxylation is 2. The van der Waals surface area contributed by atoms with Gasteiger partial charge < -0.3 is 9.80 Å². The van der Waals surface area contributed by atoms with E-state index in [4.69, 9.17) is 0 Å². The Hall–Kier alpha value is -2.77. The number of hydrogen-bond acceptors (Lipinski definition) is 7. The largest absolute Gasteiger partial charge is 0.353 e. The van der Waals surface area contributed by atoms with Crippen molar-refractivity contribution in [1.29, 1.82) is 0 Å². The first kappa shape index (κ1) is 16.4. The molecule has 1 aliphatic carbocycles. The number of rotatable bonds is 2. The first-order valence-electron chi connectivity index (χ1n) is 9.72. The van der Waals surface area contributed by atoms with Crippen LogP contribution >= 0.6 is 0 Å². The van der Waals surface area contributed by atoms with Crippen molar-refractivity contribution in [1.82, 2.24) is 29.5 Å². The molecule has 1 fully saturated rings. The van der Waals surface area contributed by atoms with E-state index in [1.165, 1.54) is 29.7 Å². The first-order chi connectivity index (χ1) is 13.2. The van der Waals surface area contributed by atoms with Crippen LogP contribution in [0.25, 0.3) is 5.78 Å². The number of anilines is 2. The fraction of sp³-hybridized carbons (Fsp3) is 0.526. The molecule has 0 bridgehead atoms. The number of fused-ring (bicyclic) bond motifs is 2. The highest BCUT2D eigenvalue weighted by Crippen LogP contribution is 2.29. The topological polar surface area (TPSA) is 75.3 Å². The minimum absolute atomic E-state index is 0.667. The summed E-state index contributed by atoms with van der Waals surface area (Å²) in [4.78, 5) is 22.8.